The number of nitrogens with zero attached hydrogens (tertiary/aromatic N) is 2. The van der Waals surface area contributed by atoms with Crippen molar-refractivity contribution in [1.82, 2.24) is 9.80 Å². The Balaban J connectivity index is 1.96. The quantitative estimate of drug-likeness (QED) is 0.746. The van der Waals surface area contributed by atoms with Crippen molar-refractivity contribution < 1.29 is 13.2 Å². The van der Waals surface area contributed by atoms with E-state index in [2.05, 4.69) is 15.9 Å². The summed E-state index contributed by atoms with van der Waals surface area (Å²) in [5.41, 5.74) is 0. The molecule has 1 aromatic rings. The van der Waals surface area contributed by atoms with Crippen LogP contribution in [-0.4, -0.2) is 61.8 Å². The number of thiophene rings is 1. The smallest absolute Gasteiger partial charge is 0.239 e. The van der Waals surface area contributed by atoms with Crippen LogP contribution in [-0.2, 0) is 21.2 Å². The molecule has 22 heavy (non-hydrogen) atoms. The lowest BCUT2D eigenvalue weighted by molar-refractivity contribution is -0.136. The largest absolute Gasteiger partial charge is 0.340 e. The molecule has 1 aliphatic rings. The Morgan fingerprint density at radius 3 is 2.68 bits per heavy atom. The first-order chi connectivity index (χ1) is 10.2. The van der Waals surface area contributed by atoms with Crippen molar-refractivity contribution in [2.75, 3.05) is 25.6 Å². The van der Waals surface area contributed by atoms with Crippen LogP contribution in [0.5, 0.6) is 0 Å². The molecular formula is C14H21BrN2O3S2. The van der Waals surface area contributed by atoms with E-state index in [0.29, 0.717) is 13.0 Å². The fourth-order valence-electron chi connectivity index (χ4n) is 2.56. The normalized spacial score (nSPS) is 22.0. The minimum Gasteiger partial charge on any atom is -0.340 e. The van der Waals surface area contributed by atoms with Crippen LogP contribution in [0.3, 0.4) is 0 Å². The highest BCUT2D eigenvalue weighted by Crippen LogP contribution is 2.22. The number of halogens is 1. The Bertz CT molecular complexity index is 644. The average molecular weight is 409 g/mol. The van der Waals surface area contributed by atoms with E-state index in [1.54, 1.807) is 23.3 Å². The zero-order valence-corrected chi connectivity index (χ0v) is 16.2. The van der Waals surface area contributed by atoms with Crippen LogP contribution in [0, 0.1) is 0 Å². The van der Waals surface area contributed by atoms with Crippen LogP contribution in [0.15, 0.2) is 15.9 Å². The van der Waals surface area contributed by atoms with Gasteiger partial charge in [-0.25, -0.2) is 8.42 Å². The maximum absolute atomic E-state index is 12.6. The first-order valence-electron chi connectivity index (χ1n) is 7.10. The van der Waals surface area contributed by atoms with E-state index in [-0.39, 0.29) is 29.5 Å². The number of sulfone groups is 1. The Hall–Kier alpha value is -0.440. The Morgan fingerprint density at radius 2 is 2.18 bits per heavy atom. The molecule has 1 aromatic heterocycles. The predicted molar refractivity (Wildman–Crippen MR) is 92.8 cm³/mol. The molecule has 1 amide bonds. The molecule has 2 atom stereocenters. The molecule has 5 nitrogen and oxygen atoms in total. The highest BCUT2D eigenvalue weighted by Gasteiger charge is 2.34. The first-order valence-corrected chi connectivity index (χ1v) is 10.6. The molecule has 0 bridgehead atoms. The minimum absolute atomic E-state index is 0.0276. The van der Waals surface area contributed by atoms with Gasteiger partial charge in [-0.1, -0.05) is 0 Å². The van der Waals surface area contributed by atoms with E-state index in [4.69, 9.17) is 0 Å². The third kappa shape index (κ3) is 4.31. The van der Waals surface area contributed by atoms with Crippen molar-refractivity contribution >= 4 is 43.0 Å². The standard InChI is InChI=1S/C14H21BrN2O3S2/c1-10(16(2)7-13-6-11(15)8-21-13)14(18)17(3)12-4-5-22(19,20)9-12/h6,8,10,12H,4-5,7,9H2,1-3H3. The van der Waals surface area contributed by atoms with Crippen molar-refractivity contribution in [3.05, 3.63) is 20.8 Å². The summed E-state index contributed by atoms with van der Waals surface area (Å²) < 4.78 is 24.2. The minimum atomic E-state index is -2.98. The zero-order chi connectivity index (χ0) is 16.5. The summed E-state index contributed by atoms with van der Waals surface area (Å²) in [7, 11) is 0.644. The predicted octanol–water partition coefficient (Wildman–Crippen LogP) is 1.98. The monoisotopic (exact) mass is 408 g/mol. The lowest BCUT2D eigenvalue weighted by Gasteiger charge is -2.30. The van der Waals surface area contributed by atoms with Gasteiger partial charge >= 0.3 is 0 Å². The van der Waals surface area contributed by atoms with Crippen LogP contribution in [0.1, 0.15) is 18.2 Å². The summed E-state index contributed by atoms with van der Waals surface area (Å²) in [6.07, 6.45) is 0.541. The van der Waals surface area contributed by atoms with Gasteiger partial charge in [0.2, 0.25) is 5.91 Å². The van der Waals surface area contributed by atoms with Crippen LogP contribution >= 0.6 is 27.3 Å². The second-order valence-electron chi connectivity index (χ2n) is 5.83. The van der Waals surface area contributed by atoms with Gasteiger partial charge in [0, 0.05) is 34.4 Å². The van der Waals surface area contributed by atoms with Gasteiger partial charge in [-0.05, 0) is 42.4 Å². The lowest BCUT2D eigenvalue weighted by atomic mass is 10.2. The van der Waals surface area contributed by atoms with Crippen LogP contribution in [0.4, 0.5) is 0 Å². The summed E-state index contributed by atoms with van der Waals surface area (Å²) in [4.78, 5) is 17.3. The van der Waals surface area contributed by atoms with Crippen molar-refractivity contribution in [3.8, 4) is 0 Å². The second kappa shape index (κ2) is 6.98. The van der Waals surface area contributed by atoms with E-state index in [0.717, 1.165) is 4.47 Å². The van der Waals surface area contributed by atoms with Gasteiger partial charge < -0.3 is 4.90 Å². The van der Waals surface area contributed by atoms with E-state index >= 15 is 0 Å². The molecule has 0 radical (unpaired) electrons. The highest BCUT2D eigenvalue weighted by molar-refractivity contribution is 9.10. The molecule has 0 N–H and O–H groups in total. The summed E-state index contributed by atoms with van der Waals surface area (Å²) in [6.45, 7) is 2.56. The van der Waals surface area contributed by atoms with Gasteiger partial charge in [-0.15, -0.1) is 11.3 Å². The number of likely N-dealkylation sites (N-methyl/N-ethyl adjacent to an activating group) is 2. The molecule has 0 aromatic carbocycles. The van der Waals surface area contributed by atoms with Crippen molar-refractivity contribution in [2.45, 2.75) is 32.0 Å². The molecule has 1 aliphatic heterocycles. The van der Waals surface area contributed by atoms with Gasteiger partial charge in [-0.3, -0.25) is 9.69 Å². The molecule has 2 heterocycles. The third-order valence-corrected chi connectivity index (χ3v) is 7.58. The van der Waals surface area contributed by atoms with Gasteiger partial charge in [-0.2, -0.15) is 0 Å². The fraction of sp³-hybridized carbons (Fsp3) is 0.643. The summed E-state index contributed by atoms with van der Waals surface area (Å²) in [6, 6.07) is 1.57. The highest BCUT2D eigenvalue weighted by atomic mass is 79.9. The summed E-state index contributed by atoms with van der Waals surface area (Å²) in [5.74, 6) is 0.243. The zero-order valence-electron chi connectivity index (χ0n) is 13.0. The molecule has 0 spiro atoms. The van der Waals surface area contributed by atoms with Gasteiger partial charge in [0.1, 0.15) is 0 Å². The Morgan fingerprint density at radius 1 is 1.50 bits per heavy atom. The van der Waals surface area contributed by atoms with E-state index < -0.39 is 9.84 Å². The number of rotatable bonds is 5. The Labute approximate surface area is 144 Å². The lowest BCUT2D eigenvalue weighted by Crippen LogP contribution is -2.48. The molecule has 1 saturated heterocycles. The molecular weight excluding hydrogens is 388 g/mol. The molecule has 0 aliphatic carbocycles. The fourth-order valence-corrected chi connectivity index (χ4v) is 5.85. The van der Waals surface area contributed by atoms with E-state index in [9.17, 15) is 13.2 Å². The molecule has 0 saturated carbocycles. The number of carbonyl (C=O) groups excluding carboxylic acids is 1. The number of hydrogen-bond donors (Lipinski definition) is 0. The molecule has 2 unspecified atom stereocenters. The summed E-state index contributed by atoms with van der Waals surface area (Å²) >= 11 is 5.07. The van der Waals surface area contributed by atoms with Crippen LogP contribution in [0.25, 0.3) is 0 Å². The molecule has 1 fully saturated rings. The number of amides is 1. The van der Waals surface area contributed by atoms with E-state index in [1.165, 1.54) is 4.88 Å². The molecule has 2 rings (SSSR count). The number of carbonyl (C=O) groups is 1. The van der Waals surface area contributed by atoms with Crippen molar-refractivity contribution in [2.24, 2.45) is 0 Å². The van der Waals surface area contributed by atoms with E-state index in [1.807, 2.05) is 30.3 Å². The second-order valence-corrected chi connectivity index (χ2v) is 9.97. The molecule has 8 heteroatoms. The average Bonchev–Trinajstić information content (AvgIpc) is 3.01. The SMILES string of the molecule is CC(C(=O)N(C)C1CCS(=O)(=O)C1)N(C)Cc1cc(Br)cs1. The topological polar surface area (TPSA) is 57.7 Å². The molecule has 124 valence electrons. The first kappa shape index (κ1) is 17.9. The summed E-state index contributed by atoms with van der Waals surface area (Å²) in [5, 5.41) is 2.02. The van der Waals surface area contributed by atoms with Crippen LogP contribution < -0.4 is 0 Å². The van der Waals surface area contributed by atoms with Gasteiger partial charge in [0.05, 0.1) is 17.5 Å². The third-order valence-electron chi connectivity index (χ3n) is 4.15. The maximum atomic E-state index is 12.6. The van der Waals surface area contributed by atoms with Crippen LogP contribution in [0.2, 0.25) is 0 Å². The van der Waals surface area contributed by atoms with Crippen molar-refractivity contribution in [1.29, 1.82) is 0 Å². The van der Waals surface area contributed by atoms with Gasteiger partial charge in [0.25, 0.3) is 0 Å². The van der Waals surface area contributed by atoms with Crippen molar-refractivity contribution in [3.63, 3.8) is 0 Å². The maximum Gasteiger partial charge on any atom is 0.239 e. The Kier molecular flexibility index (Phi) is 5.68. The van der Waals surface area contributed by atoms with Gasteiger partial charge in [0.15, 0.2) is 9.84 Å². The number of hydrogen-bond acceptors (Lipinski definition) is 5.